The molecule has 1 aromatic rings. The standard InChI is InChI=1S/C12H23N3/c1-4-5-6-7-9-13-11(2)12-8-10-14-15(12)3/h8,10-11,13H,4-7,9H2,1-3H3. The van der Waals surface area contributed by atoms with Crippen LogP contribution in [0.25, 0.3) is 0 Å². The van der Waals surface area contributed by atoms with Crippen LogP contribution in [-0.4, -0.2) is 16.3 Å². The van der Waals surface area contributed by atoms with Crippen molar-refractivity contribution in [3.05, 3.63) is 18.0 Å². The summed E-state index contributed by atoms with van der Waals surface area (Å²) in [6.45, 7) is 5.54. The van der Waals surface area contributed by atoms with Gasteiger partial charge in [0.2, 0.25) is 0 Å². The lowest BCUT2D eigenvalue weighted by atomic mass is 10.2. The largest absolute Gasteiger partial charge is 0.309 e. The molecule has 1 unspecified atom stereocenters. The number of aryl methyl sites for hydroxylation is 1. The Kier molecular flexibility index (Phi) is 5.40. The minimum absolute atomic E-state index is 0.402. The van der Waals surface area contributed by atoms with Crippen LogP contribution in [0.15, 0.2) is 12.3 Å². The molecular formula is C12H23N3. The molecule has 1 atom stereocenters. The second kappa shape index (κ2) is 6.62. The minimum Gasteiger partial charge on any atom is -0.309 e. The molecule has 1 N–H and O–H groups in total. The first-order chi connectivity index (χ1) is 7.25. The zero-order valence-electron chi connectivity index (χ0n) is 10.2. The van der Waals surface area contributed by atoms with Crippen LogP contribution in [-0.2, 0) is 7.05 Å². The van der Waals surface area contributed by atoms with E-state index < -0.39 is 0 Å². The Morgan fingerprint density at radius 1 is 1.40 bits per heavy atom. The van der Waals surface area contributed by atoms with Gasteiger partial charge >= 0.3 is 0 Å². The summed E-state index contributed by atoms with van der Waals surface area (Å²) in [5, 5.41) is 7.70. The molecular weight excluding hydrogens is 186 g/mol. The molecule has 3 heteroatoms. The Balaban J connectivity index is 2.19. The highest BCUT2D eigenvalue weighted by molar-refractivity contribution is 5.04. The van der Waals surface area contributed by atoms with Crippen molar-refractivity contribution in [2.45, 2.75) is 45.6 Å². The number of hydrogen-bond acceptors (Lipinski definition) is 2. The monoisotopic (exact) mass is 209 g/mol. The van der Waals surface area contributed by atoms with Crippen LogP contribution >= 0.6 is 0 Å². The fourth-order valence-corrected chi connectivity index (χ4v) is 1.78. The lowest BCUT2D eigenvalue weighted by molar-refractivity contribution is 0.508. The second-order valence-corrected chi connectivity index (χ2v) is 4.12. The highest BCUT2D eigenvalue weighted by Crippen LogP contribution is 2.10. The van der Waals surface area contributed by atoms with Crippen molar-refractivity contribution in [1.82, 2.24) is 15.1 Å². The van der Waals surface area contributed by atoms with Crippen molar-refractivity contribution >= 4 is 0 Å². The lowest BCUT2D eigenvalue weighted by Gasteiger charge is -2.13. The number of nitrogens with one attached hydrogen (secondary N) is 1. The van der Waals surface area contributed by atoms with Gasteiger partial charge in [-0.15, -0.1) is 0 Å². The van der Waals surface area contributed by atoms with Gasteiger partial charge in [-0.3, -0.25) is 4.68 Å². The summed E-state index contributed by atoms with van der Waals surface area (Å²) in [5.41, 5.74) is 1.26. The van der Waals surface area contributed by atoms with Gasteiger partial charge in [0, 0.05) is 19.3 Å². The Morgan fingerprint density at radius 3 is 2.80 bits per heavy atom. The molecule has 0 saturated carbocycles. The Hall–Kier alpha value is -0.830. The van der Waals surface area contributed by atoms with Gasteiger partial charge < -0.3 is 5.32 Å². The van der Waals surface area contributed by atoms with Crippen LogP contribution in [0.1, 0.15) is 51.3 Å². The Bertz CT molecular complexity index is 268. The molecule has 15 heavy (non-hydrogen) atoms. The van der Waals surface area contributed by atoms with E-state index >= 15 is 0 Å². The topological polar surface area (TPSA) is 29.9 Å². The normalized spacial score (nSPS) is 13.0. The van der Waals surface area contributed by atoms with Crippen LogP contribution in [0.4, 0.5) is 0 Å². The van der Waals surface area contributed by atoms with E-state index in [1.54, 1.807) is 0 Å². The summed E-state index contributed by atoms with van der Waals surface area (Å²) in [4.78, 5) is 0. The van der Waals surface area contributed by atoms with Crippen LogP contribution in [0, 0.1) is 0 Å². The summed E-state index contributed by atoms with van der Waals surface area (Å²) < 4.78 is 1.93. The van der Waals surface area contributed by atoms with E-state index in [2.05, 4.69) is 30.3 Å². The number of aromatic nitrogens is 2. The first-order valence-corrected chi connectivity index (χ1v) is 5.97. The number of nitrogens with zero attached hydrogens (tertiary/aromatic N) is 2. The van der Waals surface area contributed by atoms with E-state index in [-0.39, 0.29) is 0 Å². The van der Waals surface area contributed by atoms with Crippen LogP contribution in [0.3, 0.4) is 0 Å². The van der Waals surface area contributed by atoms with E-state index in [1.165, 1.54) is 31.4 Å². The van der Waals surface area contributed by atoms with Crippen molar-refractivity contribution in [2.24, 2.45) is 7.05 Å². The molecule has 0 spiro atoms. The van der Waals surface area contributed by atoms with E-state index in [4.69, 9.17) is 0 Å². The van der Waals surface area contributed by atoms with Crippen LogP contribution in [0.2, 0.25) is 0 Å². The number of unbranched alkanes of at least 4 members (excludes halogenated alkanes) is 3. The average Bonchev–Trinajstić information content (AvgIpc) is 2.64. The lowest BCUT2D eigenvalue weighted by Crippen LogP contribution is -2.21. The zero-order chi connectivity index (χ0) is 11.1. The third kappa shape index (κ3) is 4.04. The molecule has 0 fully saturated rings. The molecule has 0 saturated heterocycles. The van der Waals surface area contributed by atoms with E-state index in [9.17, 15) is 0 Å². The summed E-state index contributed by atoms with van der Waals surface area (Å²) in [7, 11) is 1.99. The molecule has 0 aliphatic carbocycles. The molecule has 0 aromatic carbocycles. The molecule has 1 rings (SSSR count). The Labute approximate surface area is 92.9 Å². The van der Waals surface area contributed by atoms with Crippen molar-refractivity contribution in [3.8, 4) is 0 Å². The molecule has 0 amide bonds. The molecule has 86 valence electrons. The smallest absolute Gasteiger partial charge is 0.0547 e. The maximum Gasteiger partial charge on any atom is 0.0547 e. The maximum atomic E-state index is 4.17. The highest BCUT2D eigenvalue weighted by atomic mass is 15.3. The number of hydrogen-bond donors (Lipinski definition) is 1. The molecule has 0 bridgehead atoms. The van der Waals surface area contributed by atoms with Gasteiger partial charge in [0.05, 0.1) is 5.69 Å². The van der Waals surface area contributed by atoms with Crippen molar-refractivity contribution in [1.29, 1.82) is 0 Å². The molecule has 3 nitrogen and oxygen atoms in total. The predicted octanol–water partition coefficient (Wildman–Crippen LogP) is 2.65. The van der Waals surface area contributed by atoms with Gasteiger partial charge in [-0.05, 0) is 26.0 Å². The van der Waals surface area contributed by atoms with Gasteiger partial charge in [0.15, 0.2) is 0 Å². The van der Waals surface area contributed by atoms with Gasteiger partial charge in [-0.2, -0.15) is 5.10 Å². The fourth-order valence-electron chi connectivity index (χ4n) is 1.78. The molecule has 0 radical (unpaired) electrons. The quantitative estimate of drug-likeness (QED) is 0.700. The SMILES string of the molecule is CCCCCCNC(C)c1ccnn1C. The minimum atomic E-state index is 0.402. The van der Waals surface area contributed by atoms with Crippen molar-refractivity contribution in [3.63, 3.8) is 0 Å². The summed E-state index contributed by atoms with van der Waals surface area (Å²) in [6, 6.07) is 2.48. The second-order valence-electron chi connectivity index (χ2n) is 4.12. The van der Waals surface area contributed by atoms with Crippen LogP contribution in [0.5, 0.6) is 0 Å². The third-order valence-electron chi connectivity index (χ3n) is 2.78. The molecule has 1 aromatic heterocycles. The first-order valence-electron chi connectivity index (χ1n) is 5.97. The summed E-state index contributed by atoms with van der Waals surface area (Å²) in [5.74, 6) is 0. The zero-order valence-corrected chi connectivity index (χ0v) is 10.2. The fraction of sp³-hybridized carbons (Fsp3) is 0.750. The van der Waals surface area contributed by atoms with Gasteiger partial charge in [0.1, 0.15) is 0 Å². The first kappa shape index (κ1) is 12.2. The summed E-state index contributed by atoms with van der Waals surface area (Å²) in [6.07, 6.45) is 7.11. The van der Waals surface area contributed by atoms with Crippen LogP contribution < -0.4 is 5.32 Å². The predicted molar refractivity (Wildman–Crippen MR) is 63.8 cm³/mol. The van der Waals surface area contributed by atoms with Crippen molar-refractivity contribution < 1.29 is 0 Å². The van der Waals surface area contributed by atoms with Crippen molar-refractivity contribution in [2.75, 3.05) is 6.54 Å². The van der Waals surface area contributed by atoms with Gasteiger partial charge in [-0.1, -0.05) is 26.2 Å². The molecule has 1 heterocycles. The average molecular weight is 209 g/mol. The maximum absolute atomic E-state index is 4.17. The van der Waals surface area contributed by atoms with E-state index in [1.807, 2.05) is 17.9 Å². The third-order valence-corrected chi connectivity index (χ3v) is 2.78. The summed E-state index contributed by atoms with van der Waals surface area (Å²) >= 11 is 0. The molecule has 0 aliphatic rings. The molecule has 0 aliphatic heterocycles. The number of rotatable bonds is 7. The Morgan fingerprint density at radius 2 is 2.20 bits per heavy atom. The van der Waals surface area contributed by atoms with E-state index in [0.717, 1.165) is 6.54 Å². The van der Waals surface area contributed by atoms with Gasteiger partial charge in [0.25, 0.3) is 0 Å². The highest BCUT2D eigenvalue weighted by Gasteiger charge is 2.07. The van der Waals surface area contributed by atoms with E-state index in [0.29, 0.717) is 6.04 Å². The van der Waals surface area contributed by atoms with Gasteiger partial charge in [-0.25, -0.2) is 0 Å².